The van der Waals surface area contributed by atoms with Gasteiger partial charge in [-0.05, 0) is 46.3 Å². The zero-order valence-electron chi connectivity index (χ0n) is 10.9. The van der Waals surface area contributed by atoms with Gasteiger partial charge in [0.1, 0.15) is 24.8 Å². The van der Waals surface area contributed by atoms with Gasteiger partial charge < -0.3 is 14.2 Å². The normalized spacial score (nSPS) is 10.2. The van der Waals surface area contributed by atoms with Gasteiger partial charge >= 0.3 is 0 Å². The fourth-order valence-corrected chi connectivity index (χ4v) is 2.10. The van der Waals surface area contributed by atoms with E-state index >= 15 is 0 Å². The third kappa shape index (κ3) is 3.87. The summed E-state index contributed by atoms with van der Waals surface area (Å²) in [7, 11) is 1.59. The smallest absolute Gasteiger partial charge is 0.161 e. The molecule has 0 saturated heterocycles. The monoisotopic (exact) mass is 340 g/mol. The van der Waals surface area contributed by atoms with Crippen molar-refractivity contribution in [3.8, 4) is 17.2 Å². The van der Waals surface area contributed by atoms with Gasteiger partial charge in [-0.25, -0.2) is 4.39 Å². The molecule has 0 aliphatic rings. The second-order valence-corrected chi connectivity index (χ2v) is 4.78. The van der Waals surface area contributed by atoms with Gasteiger partial charge in [-0.3, -0.25) is 0 Å². The van der Waals surface area contributed by atoms with Crippen molar-refractivity contribution < 1.29 is 18.6 Å². The van der Waals surface area contributed by atoms with Gasteiger partial charge in [-0.15, -0.1) is 0 Å². The van der Waals surface area contributed by atoms with E-state index in [1.54, 1.807) is 13.2 Å². The molecule has 3 nitrogen and oxygen atoms in total. The van der Waals surface area contributed by atoms with Gasteiger partial charge in [0.15, 0.2) is 11.5 Å². The first kappa shape index (κ1) is 14.7. The molecule has 0 radical (unpaired) electrons. The summed E-state index contributed by atoms with van der Waals surface area (Å²) in [6.07, 6.45) is 0. The maximum absolute atomic E-state index is 12.9. The van der Waals surface area contributed by atoms with Crippen LogP contribution in [0.2, 0.25) is 0 Å². The second kappa shape index (κ2) is 7.14. The van der Waals surface area contributed by atoms with Crippen molar-refractivity contribution in [2.75, 3.05) is 20.3 Å². The maximum Gasteiger partial charge on any atom is 0.161 e. The van der Waals surface area contributed by atoms with Crippen molar-refractivity contribution >= 4 is 15.9 Å². The van der Waals surface area contributed by atoms with E-state index in [1.165, 1.54) is 12.1 Å². The van der Waals surface area contributed by atoms with Crippen LogP contribution < -0.4 is 14.2 Å². The molecule has 0 heterocycles. The van der Waals surface area contributed by atoms with E-state index in [4.69, 9.17) is 14.2 Å². The quantitative estimate of drug-likeness (QED) is 0.742. The number of ether oxygens (including phenoxy) is 3. The minimum atomic E-state index is -0.311. The number of hydrogen-bond donors (Lipinski definition) is 0. The Labute approximate surface area is 125 Å². The average molecular weight is 341 g/mol. The van der Waals surface area contributed by atoms with Gasteiger partial charge in [0, 0.05) is 0 Å². The van der Waals surface area contributed by atoms with Crippen LogP contribution in [0.15, 0.2) is 46.9 Å². The number of para-hydroxylation sites is 2. The maximum atomic E-state index is 12.9. The molecule has 0 fully saturated rings. The number of hydrogen-bond acceptors (Lipinski definition) is 3. The van der Waals surface area contributed by atoms with Crippen LogP contribution in [0.25, 0.3) is 0 Å². The molecule has 106 valence electrons. The van der Waals surface area contributed by atoms with Crippen molar-refractivity contribution in [1.29, 1.82) is 0 Å². The lowest BCUT2D eigenvalue weighted by Gasteiger charge is -2.11. The molecule has 20 heavy (non-hydrogen) atoms. The number of benzene rings is 2. The van der Waals surface area contributed by atoms with E-state index in [0.717, 1.165) is 0 Å². The lowest BCUT2D eigenvalue weighted by atomic mass is 10.3. The fraction of sp³-hybridized carbons (Fsp3) is 0.200. The van der Waals surface area contributed by atoms with Crippen LogP contribution in [0.4, 0.5) is 4.39 Å². The number of halogens is 2. The predicted octanol–water partition coefficient (Wildman–Crippen LogP) is 4.05. The van der Waals surface area contributed by atoms with E-state index in [9.17, 15) is 4.39 Å². The van der Waals surface area contributed by atoms with Crippen molar-refractivity contribution in [3.05, 3.63) is 52.8 Å². The van der Waals surface area contributed by atoms with Crippen LogP contribution in [0.5, 0.6) is 17.2 Å². The van der Waals surface area contributed by atoms with Crippen LogP contribution >= 0.6 is 15.9 Å². The lowest BCUT2D eigenvalue weighted by molar-refractivity contribution is 0.210. The Morgan fingerprint density at radius 3 is 2.25 bits per heavy atom. The Kier molecular flexibility index (Phi) is 5.24. The van der Waals surface area contributed by atoms with E-state index in [0.29, 0.717) is 34.9 Å². The van der Waals surface area contributed by atoms with Crippen LogP contribution in [0, 0.1) is 5.82 Å². The third-order valence-electron chi connectivity index (χ3n) is 2.56. The van der Waals surface area contributed by atoms with E-state index < -0.39 is 0 Å². The molecule has 0 atom stereocenters. The summed E-state index contributed by atoms with van der Waals surface area (Å²) in [5.74, 6) is 1.61. The standard InChI is InChI=1S/C15H14BrFO3/c1-18-14-4-2-3-5-15(14)20-9-8-19-13-7-6-11(17)10-12(13)16/h2-7,10H,8-9H2,1H3. The molecule has 0 saturated carbocycles. The summed E-state index contributed by atoms with van der Waals surface area (Å²) in [4.78, 5) is 0. The molecule has 2 rings (SSSR count). The lowest BCUT2D eigenvalue weighted by Crippen LogP contribution is -2.09. The Balaban J connectivity index is 1.84. The third-order valence-corrected chi connectivity index (χ3v) is 3.18. The molecule has 0 aliphatic heterocycles. The highest BCUT2D eigenvalue weighted by molar-refractivity contribution is 9.10. The van der Waals surface area contributed by atoms with E-state index in [1.807, 2.05) is 24.3 Å². The van der Waals surface area contributed by atoms with Crippen molar-refractivity contribution in [2.24, 2.45) is 0 Å². The summed E-state index contributed by atoms with van der Waals surface area (Å²) in [6, 6.07) is 11.7. The molecule has 0 aromatic heterocycles. The topological polar surface area (TPSA) is 27.7 Å². The van der Waals surface area contributed by atoms with Gasteiger partial charge in [0.2, 0.25) is 0 Å². The molecule has 2 aromatic carbocycles. The molecular formula is C15H14BrFO3. The molecule has 0 aliphatic carbocycles. The SMILES string of the molecule is COc1ccccc1OCCOc1ccc(F)cc1Br. The van der Waals surface area contributed by atoms with Crippen LogP contribution in [-0.2, 0) is 0 Å². The largest absolute Gasteiger partial charge is 0.493 e. The first-order valence-electron chi connectivity index (χ1n) is 6.04. The molecular weight excluding hydrogens is 327 g/mol. The molecule has 2 aromatic rings. The highest BCUT2D eigenvalue weighted by atomic mass is 79.9. The Bertz CT molecular complexity index is 575. The first-order chi connectivity index (χ1) is 9.70. The minimum absolute atomic E-state index is 0.311. The Morgan fingerprint density at radius 1 is 0.950 bits per heavy atom. The highest BCUT2D eigenvalue weighted by Gasteiger charge is 2.04. The van der Waals surface area contributed by atoms with Crippen molar-refractivity contribution in [3.63, 3.8) is 0 Å². The molecule has 0 amide bonds. The zero-order chi connectivity index (χ0) is 14.4. The molecule has 0 bridgehead atoms. The molecule has 0 N–H and O–H groups in total. The summed E-state index contributed by atoms with van der Waals surface area (Å²) in [5, 5.41) is 0. The predicted molar refractivity (Wildman–Crippen MR) is 78.1 cm³/mol. The summed E-state index contributed by atoms with van der Waals surface area (Å²) >= 11 is 3.24. The van der Waals surface area contributed by atoms with Crippen LogP contribution in [-0.4, -0.2) is 20.3 Å². The summed E-state index contributed by atoms with van der Waals surface area (Å²) in [5.41, 5.74) is 0. The van der Waals surface area contributed by atoms with Crippen molar-refractivity contribution in [2.45, 2.75) is 0 Å². The van der Waals surface area contributed by atoms with E-state index in [2.05, 4.69) is 15.9 Å². The Hall–Kier alpha value is -1.75. The van der Waals surface area contributed by atoms with Gasteiger partial charge in [-0.1, -0.05) is 12.1 Å². The van der Waals surface area contributed by atoms with Gasteiger partial charge in [-0.2, -0.15) is 0 Å². The highest BCUT2D eigenvalue weighted by Crippen LogP contribution is 2.27. The van der Waals surface area contributed by atoms with Gasteiger partial charge in [0.05, 0.1) is 11.6 Å². The van der Waals surface area contributed by atoms with Gasteiger partial charge in [0.25, 0.3) is 0 Å². The van der Waals surface area contributed by atoms with Crippen LogP contribution in [0.3, 0.4) is 0 Å². The molecule has 0 unspecified atom stereocenters. The zero-order valence-corrected chi connectivity index (χ0v) is 12.5. The minimum Gasteiger partial charge on any atom is -0.493 e. The Morgan fingerprint density at radius 2 is 1.60 bits per heavy atom. The molecule has 0 spiro atoms. The van der Waals surface area contributed by atoms with Crippen molar-refractivity contribution in [1.82, 2.24) is 0 Å². The summed E-state index contributed by atoms with van der Waals surface area (Å²) < 4.78 is 29.8. The summed E-state index contributed by atoms with van der Waals surface area (Å²) in [6.45, 7) is 0.715. The van der Waals surface area contributed by atoms with E-state index in [-0.39, 0.29) is 5.82 Å². The fourth-order valence-electron chi connectivity index (χ4n) is 1.63. The average Bonchev–Trinajstić information content (AvgIpc) is 2.46. The molecule has 5 heteroatoms. The van der Waals surface area contributed by atoms with Crippen LogP contribution in [0.1, 0.15) is 0 Å². The first-order valence-corrected chi connectivity index (χ1v) is 6.83. The number of methoxy groups -OCH3 is 1. The number of rotatable bonds is 6. The second-order valence-electron chi connectivity index (χ2n) is 3.92.